The number of fused-ring (bicyclic) bond motifs is 1. The van der Waals surface area contributed by atoms with Gasteiger partial charge in [-0.25, -0.2) is 12.8 Å². The van der Waals surface area contributed by atoms with Crippen molar-refractivity contribution >= 4 is 41.9 Å². The zero-order chi connectivity index (χ0) is 16.7. The average Bonchev–Trinajstić information content (AvgIpc) is 3.10. The topological polar surface area (TPSA) is 37.4 Å². The van der Waals surface area contributed by atoms with Gasteiger partial charge in [0.05, 0.1) is 14.7 Å². The Morgan fingerprint density at radius 3 is 2.62 bits per heavy atom. The Kier molecular flexibility index (Phi) is 4.20. The van der Waals surface area contributed by atoms with Crippen LogP contribution < -0.4 is 0 Å². The highest BCUT2D eigenvalue weighted by Gasteiger charge is 2.32. The molecule has 1 aliphatic rings. The molecule has 0 spiro atoms. The first-order valence-electron chi connectivity index (χ1n) is 7.65. The maximum Gasteiger partial charge on any atom is 0.178 e. The van der Waals surface area contributed by atoms with Crippen molar-refractivity contribution in [3.8, 4) is 0 Å². The van der Waals surface area contributed by atoms with E-state index in [1.54, 1.807) is 22.7 Å². The minimum atomic E-state index is -3.34. The molecule has 2 aromatic heterocycles. The molecular formula is C17H16FNO2S3. The maximum atomic E-state index is 12.9. The number of hydrogen-bond donors (Lipinski definition) is 0. The number of halogens is 1. The molecule has 4 rings (SSSR count). The summed E-state index contributed by atoms with van der Waals surface area (Å²) in [6.07, 6.45) is 0. The summed E-state index contributed by atoms with van der Waals surface area (Å²) in [6.45, 7) is 2.47. The summed E-state index contributed by atoms with van der Waals surface area (Å²) < 4.78 is 39.0. The highest BCUT2D eigenvalue weighted by atomic mass is 32.2. The number of sulfone groups is 1. The highest BCUT2D eigenvalue weighted by molar-refractivity contribution is 7.91. The third-order valence-electron chi connectivity index (χ3n) is 4.34. The van der Waals surface area contributed by atoms with Crippen LogP contribution in [0, 0.1) is 11.7 Å². The van der Waals surface area contributed by atoms with Gasteiger partial charge in [-0.2, -0.15) is 0 Å². The van der Waals surface area contributed by atoms with Crippen LogP contribution in [0.3, 0.4) is 0 Å². The lowest BCUT2D eigenvalue weighted by Gasteiger charge is -2.39. The molecule has 0 N–H and O–H groups in total. The SMILES string of the molecule is O=S(=O)(CC1CN(Cc2csc3sccc23)C1)c1ccc(F)cc1. The van der Waals surface area contributed by atoms with Gasteiger partial charge in [-0.1, -0.05) is 0 Å². The summed E-state index contributed by atoms with van der Waals surface area (Å²) in [5, 5.41) is 5.63. The quantitative estimate of drug-likeness (QED) is 0.627. The van der Waals surface area contributed by atoms with Crippen LogP contribution in [0.25, 0.3) is 9.40 Å². The smallest absolute Gasteiger partial charge is 0.178 e. The lowest BCUT2D eigenvalue weighted by Crippen LogP contribution is -2.48. The van der Waals surface area contributed by atoms with Crippen LogP contribution in [0.15, 0.2) is 46.0 Å². The second-order valence-electron chi connectivity index (χ2n) is 6.18. The molecule has 0 bridgehead atoms. The molecule has 126 valence electrons. The van der Waals surface area contributed by atoms with Gasteiger partial charge in [0.2, 0.25) is 0 Å². The fraction of sp³-hybridized carbons (Fsp3) is 0.294. The van der Waals surface area contributed by atoms with Crippen LogP contribution in [0.1, 0.15) is 5.56 Å². The first-order chi connectivity index (χ1) is 11.5. The first-order valence-corrected chi connectivity index (χ1v) is 11.1. The van der Waals surface area contributed by atoms with Gasteiger partial charge in [0.25, 0.3) is 0 Å². The van der Waals surface area contributed by atoms with E-state index in [4.69, 9.17) is 0 Å². The van der Waals surface area contributed by atoms with Gasteiger partial charge < -0.3 is 0 Å². The number of hydrogen-bond acceptors (Lipinski definition) is 5. The fourth-order valence-electron chi connectivity index (χ4n) is 3.14. The number of benzene rings is 1. The molecule has 3 nitrogen and oxygen atoms in total. The van der Waals surface area contributed by atoms with Crippen molar-refractivity contribution in [2.24, 2.45) is 5.92 Å². The van der Waals surface area contributed by atoms with Crippen molar-refractivity contribution in [1.29, 1.82) is 0 Å². The monoisotopic (exact) mass is 381 g/mol. The Hall–Kier alpha value is -1.28. The van der Waals surface area contributed by atoms with Crippen molar-refractivity contribution in [3.63, 3.8) is 0 Å². The highest BCUT2D eigenvalue weighted by Crippen LogP contribution is 2.33. The largest absolute Gasteiger partial charge is 0.298 e. The van der Waals surface area contributed by atoms with Gasteiger partial charge in [0.1, 0.15) is 5.82 Å². The molecule has 0 atom stereocenters. The van der Waals surface area contributed by atoms with Crippen molar-refractivity contribution in [2.45, 2.75) is 11.4 Å². The molecule has 0 saturated carbocycles. The molecule has 3 aromatic rings. The summed E-state index contributed by atoms with van der Waals surface area (Å²) in [7, 11) is -3.34. The lowest BCUT2D eigenvalue weighted by molar-refractivity contribution is 0.107. The van der Waals surface area contributed by atoms with E-state index in [0.29, 0.717) is 0 Å². The molecule has 7 heteroatoms. The molecule has 3 heterocycles. The van der Waals surface area contributed by atoms with E-state index in [9.17, 15) is 12.8 Å². The second kappa shape index (κ2) is 6.22. The van der Waals surface area contributed by atoms with Gasteiger partial charge in [-0.15, -0.1) is 22.7 Å². The summed E-state index contributed by atoms with van der Waals surface area (Å²) in [5.41, 5.74) is 1.33. The van der Waals surface area contributed by atoms with E-state index in [2.05, 4.69) is 21.7 Å². The summed E-state index contributed by atoms with van der Waals surface area (Å²) in [5.74, 6) is -0.136. The average molecular weight is 382 g/mol. The molecule has 0 radical (unpaired) electrons. The number of rotatable bonds is 5. The van der Waals surface area contributed by atoms with Gasteiger partial charge in [-0.05, 0) is 52.6 Å². The second-order valence-corrected chi connectivity index (χ2v) is 10.3. The van der Waals surface area contributed by atoms with Gasteiger partial charge >= 0.3 is 0 Å². The predicted molar refractivity (Wildman–Crippen MR) is 96.9 cm³/mol. The Labute approximate surface area is 148 Å². The zero-order valence-electron chi connectivity index (χ0n) is 12.8. The minimum absolute atomic E-state index is 0.132. The van der Waals surface area contributed by atoms with E-state index in [1.807, 2.05) is 0 Å². The molecule has 1 fully saturated rings. The maximum absolute atomic E-state index is 12.9. The molecule has 0 aliphatic carbocycles. The standard InChI is InChI=1S/C17H16FNO2S3/c18-14-1-3-15(4-2-14)24(20,21)11-12-7-19(8-12)9-13-10-23-17-16(13)5-6-22-17/h1-6,10,12H,7-9,11H2. The number of nitrogens with zero attached hydrogens (tertiary/aromatic N) is 1. The summed E-state index contributed by atoms with van der Waals surface area (Å²) in [4.78, 5) is 2.49. The first kappa shape index (κ1) is 16.2. The van der Waals surface area contributed by atoms with Crippen LogP contribution in [-0.2, 0) is 16.4 Å². The molecule has 0 unspecified atom stereocenters. The van der Waals surface area contributed by atoms with E-state index in [1.165, 1.54) is 39.2 Å². The molecule has 24 heavy (non-hydrogen) atoms. The Morgan fingerprint density at radius 1 is 1.12 bits per heavy atom. The Morgan fingerprint density at radius 2 is 1.88 bits per heavy atom. The number of thiophene rings is 2. The van der Waals surface area contributed by atoms with Crippen molar-refractivity contribution < 1.29 is 12.8 Å². The van der Waals surface area contributed by atoms with Crippen LogP contribution >= 0.6 is 22.7 Å². The Bertz CT molecular complexity index is 953. The third-order valence-corrected chi connectivity index (χ3v) is 8.36. The molecule has 1 aliphatic heterocycles. The molecule has 1 aromatic carbocycles. The van der Waals surface area contributed by atoms with Crippen LogP contribution in [-0.4, -0.2) is 32.2 Å². The van der Waals surface area contributed by atoms with E-state index in [0.717, 1.165) is 19.6 Å². The lowest BCUT2D eigenvalue weighted by atomic mass is 10.0. The minimum Gasteiger partial charge on any atom is -0.298 e. The fourth-order valence-corrected chi connectivity index (χ4v) is 6.67. The van der Waals surface area contributed by atoms with E-state index >= 15 is 0 Å². The molecule has 1 saturated heterocycles. The van der Waals surface area contributed by atoms with Crippen molar-refractivity contribution in [1.82, 2.24) is 4.90 Å². The van der Waals surface area contributed by atoms with Gasteiger partial charge in [-0.3, -0.25) is 4.90 Å². The van der Waals surface area contributed by atoms with Crippen LogP contribution in [0.2, 0.25) is 0 Å². The zero-order valence-corrected chi connectivity index (χ0v) is 15.3. The van der Waals surface area contributed by atoms with Crippen molar-refractivity contribution in [3.05, 3.63) is 52.5 Å². The number of likely N-dealkylation sites (tertiary alicyclic amines) is 1. The van der Waals surface area contributed by atoms with Crippen LogP contribution in [0.5, 0.6) is 0 Å². The van der Waals surface area contributed by atoms with Crippen molar-refractivity contribution in [2.75, 3.05) is 18.8 Å². The third kappa shape index (κ3) is 3.13. The normalized spacial score (nSPS) is 16.5. The summed E-state index contributed by atoms with van der Waals surface area (Å²) >= 11 is 3.53. The van der Waals surface area contributed by atoms with E-state index < -0.39 is 15.7 Å². The molecule has 0 amide bonds. The van der Waals surface area contributed by atoms with Crippen LogP contribution in [0.4, 0.5) is 4.39 Å². The molecular weight excluding hydrogens is 365 g/mol. The Balaban J connectivity index is 1.36. The van der Waals surface area contributed by atoms with Gasteiger partial charge in [0, 0.05) is 25.0 Å². The predicted octanol–water partition coefficient (Wildman–Crippen LogP) is 4.01. The van der Waals surface area contributed by atoms with E-state index in [-0.39, 0.29) is 16.6 Å². The van der Waals surface area contributed by atoms with Gasteiger partial charge in [0.15, 0.2) is 9.84 Å². The summed E-state index contributed by atoms with van der Waals surface area (Å²) in [6, 6.07) is 7.24.